The van der Waals surface area contributed by atoms with Gasteiger partial charge in [0.2, 0.25) is 17.7 Å². The summed E-state index contributed by atoms with van der Waals surface area (Å²) in [5.74, 6) is -0.437. The van der Waals surface area contributed by atoms with Gasteiger partial charge in [0.15, 0.2) is 0 Å². The Labute approximate surface area is 200 Å². The Balaban J connectivity index is 1.46. The van der Waals surface area contributed by atoms with Crippen molar-refractivity contribution in [3.8, 4) is 5.75 Å². The van der Waals surface area contributed by atoms with Crippen molar-refractivity contribution < 1.29 is 29.0 Å². The number of nitrogens with one attached hydrogen (secondary N) is 1. The van der Waals surface area contributed by atoms with Crippen LogP contribution >= 0.6 is 0 Å². The number of ether oxygens (including phenoxy) is 1. The summed E-state index contributed by atoms with van der Waals surface area (Å²) in [6.45, 7) is 3.28. The number of amides is 3. The van der Waals surface area contributed by atoms with Crippen LogP contribution in [0, 0.1) is 5.92 Å². The number of carbonyl (C=O) groups is 4. The largest absolute Gasteiger partial charge is 0.508 e. The van der Waals surface area contributed by atoms with Gasteiger partial charge >= 0.3 is 5.97 Å². The number of methoxy groups -OCH3 is 1. The number of phenolic OH excluding ortho intramolecular Hbond substituents is 1. The molecule has 9 heteroatoms. The summed E-state index contributed by atoms with van der Waals surface area (Å²) in [7, 11) is 1.30. The van der Waals surface area contributed by atoms with Crippen molar-refractivity contribution in [1.29, 1.82) is 0 Å². The summed E-state index contributed by atoms with van der Waals surface area (Å²) in [6, 6.07) is 5.63. The summed E-state index contributed by atoms with van der Waals surface area (Å²) in [4.78, 5) is 53.0. The van der Waals surface area contributed by atoms with Crippen molar-refractivity contribution in [3.63, 3.8) is 0 Å². The third kappa shape index (κ3) is 6.71. The quantitative estimate of drug-likeness (QED) is 0.555. The van der Waals surface area contributed by atoms with Crippen molar-refractivity contribution in [2.24, 2.45) is 5.92 Å². The summed E-state index contributed by atoms with van der Waals surface area (Å²) < 4.78 is 4.86. The van der Waals surface area contributed by atoms with Crippen LogP contribution in [0.25, 0.3) is 0 Å². The molecule has 0 spiro atoms. The Morgan fingerprint density at radius 1 is 1.09 bits per heavy atom. The number of likely N-dealkylation sites (tertiary alicyclic amines) is 2. The number of nitrogens with zero attached hydrogens (tertiary/aromatic N) is 2. The molecule has 34 heavy (non-hydrogen) atoms. The molecule has 3 rings (SSSR count). The predicted octanol–water partition coefficient (Wildman–Crippen LogP) is 1.62. The number of piperidine rings is 1. The topological polar surface area (TPSA) is 116 Å². The van der Waals surface area contributed by atoms with E-state index in [4.69, 9.17) is 4.74 Å². The van der Waals surface area contributed by atoms with Gasteiger partial charge in [-0.25, -0.2) is 4.79 Å². The number of hydrogen-bond acceptors (Lipinski definition) is 6. The second-order valence-electron chi connectivity index (χ2n) is 9.19. The lowest BCUT2D eigenvalue weighted by Gasteiger charge is -2.35. The number of aromatic hydroxyl groups is 1. The molecule has 2 saturated heterocycles. The van der Waals surface area contributed by atoms with Crippen LogP contribution in [0.3, 0.4) is 0 Å². The van der Waals surface area contributed by atoms with Gasteiger partial charge < -0.3 is 25.0 Å². The van der Waals surface area contributed by atoms with E-state index in [1.54, 1.807) is 29.2 Å². The zero-order valence-corrected chi connectivity index (χ0v) is 20.0. The van der Waals surface area contributed by atoms with E-state index in [1.807, 2.05) is 4.90 Å². The molecule has 2 aliphatic heterocycles. The standard InChI is InChI=1S/C25H35N3O6/c1-17(29)28-13-3-4-22(28)24(32)27-14-11-19(12-15-27)16-23(31)26-21(25(33)34-2)10-7-18-5-8-20(30)9-6-18/h5-6,8-9,19,21-22,30H,3-4,7,10-16H2,1-2H3,(H,26,31)/t21-,22-/m0/s1. The number of rotatable bonds is 8. The van der Waals surface area contributed by atoms with Gasteiger partial charge in [-0.05, 0) is 62.1 Å². The molecule has 2 atom stereocenters. The first-order valence-electron chi connectivity index (χ1n) is 12.0. The molecule has 0 aliphatic carbocycles. The molecule has 0 radical (unpaired) electrons. The average Bonchev–Trinajstić information content (AvgIpc) is 3.33. The summed E-state index contributed by atoms with van der Waals surface area (Å²) >= 11 is 0. The van der Waals surface area contributed by atoms with E-state index in [9.17, 15) is 24.3 Å². The van der Waals surface area contributed by atoms with Crippen LogP contribution in [0.5, 0.6) is 5.75 Å². The highest BCUT2D eigenvalue weighted by Crippen LogP contribution is 2.25. The van der Waals surface area contributed by atoms with Crippen molar-refractivity contribution in [2.75, 3.05) is 26.7 Å². The van der Waals surface area contributed by atoms with E-state index in [2.05, 4.69) is 5.32 Å². The van der Waals surface area contributed by atoms with Gasteiger partial charge in [-0.3, -0.25) is 14.4 Å². The van der Waals surface area contributed by atoms with Crippen molar-refractivity contribution in [1.82, 2.24) is 15.1 Å². The first kappa shape index (κ1) is 25.5. The minimum atomic E-state index is -0.743. The van der Waals surface area contributed by atoms with E-state index in [0.717, 1.165) is 12.0 Å². The van der Waals surface area contributed by atoms with Gasteiger partial charge in [-0.15, -0.1) is 0 Å². The SMILES string of the molecule is COC(=O)[C@H](CCc1ccc(O)cc1)NC(=O)CC1CCN(C(=O)[C@@H]2CCCN2C(C)=O)CC1. The Bertz CT molecular complexity index is 879. The fourth-order valence-corrected chi connectivity index (χ4v) is 4.85. The molecular formula is C25H35N3O6. The van der Waals surface area contributed by atoms with Crippen molar-refractivity contribution in [2.45, 2.75) is 64.0 Å². The third-order valence-corrected chi connectivity index (χ3v) is 6.82. The van der Waals surface area contributed by atoms with Crippen molar-refractivity contribution >= 4 is 23.7 Å². The molecule has 0 saturated carbocycles. The van der Waals surface area contributed by atoms with E-state index < -0.39 is 12.0 Å². The first-order valence-corrected chi connectivity index (χ1v) is 12.0. The van der Waals surface area contributed by atoms with E-state index in [-0.39, 0.29) is 41.9 Å². The average molecular weight is 474 g/mol. The molecule has 2 fully saturated rings. The van der Waals surface area contributed by atoms with E-state index in [1.165, 1.54) is 14.0 Å². The van der Waals surface area contributed by atoms with Gasteiger partial charge in [0.25, 0.3) is 0 Å². The first-order chi connectivity index (χ1) is 16.3. The second kappa shape index (κ2) is 11.9. The Hall–Kier alpha value is -3.10. The van der Waals surface area contributed by atoms with Crippen LogP contribution in [0.2, 0.25) is 0 Å². The molecular weight excluding hydrogens is 438 g/mol. The lowest BCUT2D eigenvalue weighted by atomic mass is 9.92. The molecule has 0 unspecified atom stereocenters. The van der Waals surface area contributed by atoms with Crippen LogP contribution < -0.4 is 5.32 Å². The monoisotopic (exact) mass is 473 g/mol. The zero-order chi connectivity index (χ0) is 24.7. The van der Waals surface area contributed by atoms with Crippen molar-refractivity contribution in [3.05, 3.63) is 29.8 Å². The van der Waals surface area contributed by atoms with Crippen LogP contribution in [0.1, 0.15) is 51.0 Å². The van der Waals surface area contributed by atoms with Crippen LogP contribution in [0.15, 0.2) is 24.3 Å². The highest BCUT2D eigenvalue weighted by atomic mass is 16.5. The summed E-state index contributed by atoms with van der Waals surface area (Å²) in [6.07, 6.45) is 4.21. The van der Waals surface area contributed by atoms with Gasteiger partial charge in [0, 0.05) is 33.0 Å². The van der Waals surface area contributed by atoms with E-state index >= 15 is 0 Å². The molecule has 0 bridgehead atoms. The maximum atomic E-state index is 12.9. The Morgan fingerprint density at radius 3 is 2.38 bits per heavy atom. The Kier molecular flexibility index (Phi) is 8.90. The molecule has 0 aromatic heterocycles. The molecule has 2 aliphatic rings. The predicted molar refractivity (Wildman–Crippen MR) is 125 cm³/mol. The number of hydrogen-bond donors (Lipinski definition) is 2. The summed E-state index contributed by atoms with van der Waals surface area (Å²) in [5, 5.41) is 12.2. The number of esters is 1. The lowest BCUT2D eigenvalue weighted by Crippen LogP contribution is -2.50. The van der Waals surface area contributed by atoms with Crippen LogP contribution in [-0.2, 0) is 30.3 Å². The highest BCUT2D eigenvalue weighted by Gasteiger charge is 2.36. The van der Waals surface area contributed by atoms with Gasteiger partial charge in [0.1, 0.15) is 17.8 Å². The highest BCUT2D eigenvalue weighted by molar-refractivity contribution is 5.87. The number of aryl methyl sites for hydroxylation is 1. The third-order valence-electron chi connectivity index (χ3n) is 6.82. The maximum Gasteiger partial charge on any atom is 0.328 e. The fourth-order valence-electron chi connectivity index (χ4n) is 4.85. The Morgan fingerprint density at radius 2 is 1.76 bits per heavy atom. The number of carbonyl (C=O) groups excluding carboxylic acids is 4. The normalized spacial score (nSPS) is 19.5. The minimum absolute atomic E-state index is 0.00980. The molecule has 2 heterocycles. The number of benzene rings is 1. The van der Waals surface area contributed by atoms with Crippen LogP contribution in [-0.4, -0.2) is 77.4 Å². The number of phenols is 1. The minimum Gasteiger partial charge on any atom is -0.508 e. The zero-order valence-electron chi connectivity index (χ0n) is 20.0. The summed E-state index contributed by atoms with van der Waals surface area (Å²) in [5.41, 5.74) is 0.948. The maximum absolute atomic E-state index is 12.9. The molecule has 9 nitrogen and oxygen atoms in total. The van der Waals surface area contributed by atoms with Crippen LogP contribution in [0.4, 0.5) is 0 Å². The second-order valence-corrected chi connectivity index (χ2v) is 9.19. The molecule has 3 amide bonds. The molecule has 1 aromatic rings. The molecule has 1 aromatic carbocycles. The molecule has 186 valence electrons. The fraction of sp³-hybridized carbons (Fsp3) is 0.600. The van der Waals surface area contributed by atoms with Gasteiger partial charge in [-0.1, -0.05) is 12.1 Å². The van der Waals surface area contributed by atoms with E-state index in [0.29, 0.717) is 51.7 Å². The van der Waals surface area contributed by atoms with Gasteiger partial charge in [-0.2, -0.15) is 0 Å². The molecule has 2 N–H and O–H groups in total. The smallest absolute Gasteiger partial charge is 0.328 e. The van der Waals surface area contributed by atoms with Gasteiger partial charge in [0.05, 0.1) is 7.11 Å². The lowest BCUT2D eigenvalue weighted by molar-refractivity contribution is -0.145.